The minimum Gasteiger partial charge on any atom is -0.493 e. The number of benzene rings is 1. The van der Waals surface area contributed by atoms with E-state index < -0.39 is 0 Å². The number of pyridine rings is 1. The summed E-state index contributed by atoms with van der Waals surface area (Å²) in [5.41, 5.74) is 3.11. The van der Waals surface area contributed by atoms with Gasteiger partial charge in [-0.05, 0) is 34.9 Å². The second kappa shape index (κ2) is 6.96. The van der Waals surface area contributed by atoms with E-state index in [-0.39, 0.29) is 5.91 Å². The maximum Gasteiger partial charge on any atom is 0.244 e. The van der Waals surface area contributed by atoms with Crippen LogP contribution in [0.2, 0.25) is 0 Å². The number of nitrogens with zero attached hydrogens (tertiary/aromatic N) is 1. The van der Waals surface area contributed by atoms with Gasteiger partial charge < -0.3 is 14.8 Å². The molecule has 0 bridgehead atoms. The maximum absolute atomic E-state index is 11.9. The van der Waals surface area contributed by atoms with E-state index in [2.05, 4.69) is 16.4 Å². The number of carbonyl (C=O) groups excluding carboxylic acids is 1. The molecule has 5 heteroatoms. The molecule has 118 valence electrons. The van der Waals surface area contributed by atoms with Gasteiger partial charge in [-0.1, -0.05) is 12.1 Å². The largest absolute Gasteiger partial charge is 0.493 e. The number of nitrogens with one attached hydrogen (secondary N) is 1. The van der Waals surface area contributed by atoms with E-state index >= 15 is 0 Å². The van der Waals surface area contributed by atoms with Crippen molar-refractivity contribution in [3.05, 3.63) is 59.3 Å². The SMILES string of the molecule is COc1ccc(CNC(=O)/C=C/c2ccc3c(c2)CCO3)cn1. The molecule has 23 heavy (non-hydrogen) atoms. The van der Waals surface area contributed by atoms with Gasteiger partial charge in [-0.25, -0.2) is 4.98 Å². The Kier molecular flexibility index (Phi) is 4.57. The molecular formula is C18H18N2O3. The fourth-order valence-electron chi connectivity index (χ4n) is 2.37. The number of carbonyl (C=O) groups is 1. The molecule has 0 unspecified atom stereocenters. The van der Waals surface area contributed by atoms with Gasteiger partial charge in [0.25, 0.3) is 0 Å². The molecule has 0 saturated carbocycles. The van der Waals surface area contributed by atoms with Crippen LogP contribution in [0.5, 0.6) is 11.6 Å². The molecule has 2 aromatic rings. The molecule has 0 saturated heterocycles. The van der Waals surface area contributed by atoms with Crippen molar-refractivity contribution in [1.82, 2.24) is 10.3 Å². The lowest BCUT2D eigenvalue weighted by Crippen LogP contribution is -2.20. The average Bonchev–Trinajstić information content (AvgIpc) is 3.06. The Balaban J connectivity index is 1.54. The van der Waals surface area contributed by atoms with Crippen LogP contribution in [0, 0.1) is 0 Å². The number of methoxy groups -OCH3 is 1. The van der Waals surface area contributed by atoms with E-state index in [4.69, 9.17) is 9.47 Å². The van der Waals surface area contributed by atoms with Crippen molar-refractivity contribution in [2.75, 3.05) is 13.7 Å². The first-order valence-electron chi connectivity index (χ1n) is 7.45. The van der Waals surface area contributed by atoms with Crippen LogP contribution in [0.4, 0.5) is 0 Å². The highest BCUT2D eigenvalue weighted by Gasteiger charge is 2.11. The van der Waals surface area contributed by atoms with Crippen molar-refractivity contribution in [1.29, 1.82) is 0 Å². The van der Waals surface area contributed by atoms with E-state index in [0.29, 0.717) is 12.4 Å². The molecule has 1 aromatic heterocycles. The second-order valence-electron chi connectivity index (χ2n) is 5.23. The van der Waals surface area contributed by atoms with Gasteiger partial charge in [0.2, 0.25) is 11.8 Å². The van der Waals surface area contributed by atoms with Gasteiger partial charge in [-0.15, -0.1) is 0 Å². The van der Waals surface area contributed by atoms with Gasteiger partial charge >= 0.3 is 0 Å². The molecule has 1 aliphatic heterocycles. The quantitative estimate of drug-likeness (QED) is 0.861. The minimum absolute atomic E-state index is 0.141. The Morgan fingerprint density at radius 3 is 3.09 bits per heavy atom. The Morgan fingerprint density at radius 2 is 2.30 bits per heavy atom. The van der Waals surface area contributed by atoms with Gasteiger partial charge in [0.15, 0.2) is 0 Å². The monoisotopic (exact) mass is 310 g/mol. The summed E-state index contributed by atoms with van der Waals surface area (Å²) in [6, 6.07) is 9.59. The highest BCUT2D eigenvalue weighted by atomic mass is 16.5. The standard InChI is InChI=1S/C18H18N2O3/c1-22-18-7-4-14(12-20-18)11-19-17(21)6-3-13-2-5-16-15(10-13)8-9-23-16/h2-7,10,12H,8-9,11H2,1H3,(H,19,21)/b6-3+. The molecule has 1 N–H and O–H groups in total. The fourth-order valence-corrected chi connectivity index (χ4v) is 2.37. The predicted molar refractivity (Wildman–Crippen MR) is 87.3 cm³/mol. The van der Waals surface area contributed by atoms with Crippen LogP contribution in [0.25, 0.3) is 6.08 Å². The zero-order chi connectivity index (χ0) is 16.1. The summed E-state index contributed by atoms with van der Waals surface area (Å²) >= 11 is 0. The van der Waals surface area contributed by atoms with Gasteiger partial charge in [0.05, 0.1) is 13.7 Å². The number of rotatable bonds is 5. The lowest BCUT2D eigenvalue weighted by atomic mass is 10.1. The summed E-state index contributed by atoms with van der Waals surface area (Å²) in [5.74, 6) is 1.36. The average molecular weight is 310 g/mol. The highest BCUT2D eigenvalue weighted by molar-refractivity contribution is 5.91. The molecule has 0 radical (unpaired) electrons. The number of fused-ring (bicyclic) bond motifs is 1. The molecule has 0 aliphatic carbocycles. The van der Waals surface area contributed by atoms with Crippen molar-refractivity contribution < 1.29 is 14.3 Å². The third-order valence-electron chi connectivity index (χ3n) is 3.61. The van der Waals surface area contributed by atoms with E-state index in [0.717, 1.165) is 29.9 Å². The minimum atomic E-state index is -0.141. The number of hydrogen-bond donors (Lipinski definition) is 1. The van der Waals surface area contributed by atoms with Crippen LogP contribution >= 0.6 is 0 Å². The normalized spacial score (nSPS) is 12.7. The van der Waals surface area contributed by atoms with E-state index in [1.54, 1.807) is 25.4 Å². The lowest BCUT2D eigenvalue weighted by molar-refractivity contribution is -0.116. The highest BCUT2D eigenvalue weighted by Crippen LogP contribution is 2.26. The van der Waals surface area contributed by atoms with Crippen LogP contribution in [0.15, 0.2) is 42.6 Å². The Morgan fingerprint density at radius 1 is 1.39 bits per heavy atom. The number of aromatic nitrogens is 1. The van der Waals surface area contributed by atoms with Crippen molar-refractivity contribution in [3.63, 3.8) is 0 Å². The van der Waals surface area contributed by atoms with E-state index in [9.17, 15) is 4.79 Å². The van der Waals surface area contributed by atoms with Gasteiger partial charge in [0.1, 0.15) is 5.75 Å². The Labute approximate surface area is 135 Å². The summed E-state index contributed by atoms with van der Waals surface area (Å²) in [4.78, 5) is 16.0. The van der Waals surface area contributed by atoms with Crippen molar-refractivity contribution in [3.8, 4) is 11.6 Å². The van der Waals surface area contributed by atoms with E-state index in [1.807, 2.05) is 18.2 Å². The molecule has 0 fully saturated rings. The molecule has 1 amide bonds. The lowest BCUT2D eigenvalue weighted by Gasteiger charge is -2.03. The Hall–Kier alpha value is -2.82. The van der Waals surface area contributed by atoms with Crippen LogP contribution in [0.3, 0.4) is 0 Å². The molecule has 1 aliphatic rings. The van der Waals surface area contributed by atoms with Crippen LogP contribution in [-0.4, -0.2) is 24.6 Å². The van der Waals surface area contributed by atoms with Gasteiger partial charge in [-0.3, -0.25) is 4.79 Å². The van der Waals surface area contributed by atoms with Crippen LogP contribution < -0.4 is 14.8 Å². The first-order chi connectivity index (χ1) is 11.2. The predicted octanol–water partition coefficient (Wildman–Crippen LogP) is 2.35. The number of ether oxygens (including phenoxy) is 2. The summed E-state index contributed by atoms with van der Waals surface area (Å²) in [5, 5.41) is 2.83. The molecule has 1 aromatic carbocycles. The third kappa shape index (κ3) is 3.88. The zero-order valence-electron chi connectivity index (χ0n) is 12.9. The first-order valence-corrected chi connectivity index (χ1v) is 7.45. The Bertz CT molecular complexity index is 724. The van der Waals surface area contributed by atoms with E-state index in [1.165, 1.54) is 11.6 Å². The van der Waals surface area contributed by atoms with Crippen LogP contribution in [-0.2, 0) is 17.8 Å². The third-order valence-corrected chi connectivity index (χ3v) is 3.61. The van der Waals surface area contributed by atoms with Crippen LogP contribution in [0.1, 0.15) is 16.7 Å². The first kappa shape index (κ1) is 15.1. The van der Waals surface area contributed by atoms with Crippen molar-refractivity contribution in [2.24, 2.45) is 0 Å². The molecule has 0 atom stereocenters. The molecule has 3 rings (SSSR count). The summed E-state index contributed by atoms with van der Waals surface area (Å²) in [6.07, 6.45) is 5.95. The molecule has 2 heterocycles. The summed E-state index contributed by atoms with van der Waals surface area (Å²) < 4.78 is 10.5. The second-order valence-corrected chi connectivity index (χ2v) is 5.23. The summed E-state index contributed by atoms with van der Waals surface area (Å²) in [6.45, 7) is 1.16. The molecule has 5 nitrogen and oxygen atoms in total. The molecular weight excluding hydrogens is 292 g/mol. The van der Waals surface area contributed by atoms with Crippen molar-refractivity contribution in [2.45, 2.75) is 13.0 Å². The number of hydrogen-bond acceptors (Lipinski definition) is 4. The topological polar surface area (TPSA) is 60.5 Å². The van der Waals surface area contributed by atoms with Gasteiger partial charge in [-0.2, -0.15) is 0 Å². The fraction of sp³-hybridized carbons (Fsp3) is 0.222. The smallest absolute Gasteiger partial charge is 0.244 e. The van der Waals surface area contributed by atoms with Crippen molar-refractivity contribution >= 4 is 12.0 Å². The maximum atomic E-state index is 11.9. The summed E-state index contributed by atoms with van der Waals surface area (Å²) in [7, 11) is 1.57. The molecule has 0 spiro atoms. The zero-order valence-corrected chi connectivity index (χ0v) is 12.9. The number of amides is 1. The van der Waals surface area contributed by atoms with Gasteiger partial charge in [0, 0.05) is 31.3 Å².